The summed E-state index contributed by atoms with van der Waals surface area (Å²) < 4.78 is 0. The van der Waals surface area contributed by atoms with Crippen LogP contribution in [0.2, 0.25) is 5.02 Å². The van der Waals surface area contributed by atoms with Crippen LogP contribution in [0.5, 0.6) is 0 Å². The van der Waals surface area contributed by atoms with Gasteiger partial charge in [-0.05, 0) is 31.0 Å². The monoisotopic (exact) mass is 305 g/mol. The number of hydrogen-bond donors (Lipinski definition) is 3. The van der Waals surface area contributed by atoms with Crippen molar-refractivity contribution in [2.75, 3.05) is 5.32 Å². The van der Waals surface area contributed by atoms with Crippen molar-refractivity contribution in [3.05, 3.63) is 51.0 Å². The number of hydrogen-bond acceptors (Lipinski definition) is 4. The van der Waals surface area contributed by atoms with Crippen molar-refractivity contribution in [1.29, 1.82) is 0 Å². The summed E-state index contributed by atoms with van der Waals surface area (Å²) >= 11 is 6.04. The maximum atomic E-state index is 11.6. The number of aromatic nitrogens is 2. The SMILES string of the molecule is O=C(O)c1ccc(Nc2cc(=O)[nH]c(C3CC3)n2)c(Cl)c1. The second-order valence-electron chi connectivity index (χ2n) is 4.91. The second kappa shape index (κ2) is 5.21. The lowest BCUT2D eigenvalue weighted by atomic mass is 10.2. The van der Waals surface area contributed by atoms with Gasteiger partial charge in [0.25, 0.3) is 5.56 Å². The highest BCUT2D eigenvalue weighted by atomic mass is 35.5. The van der Waals surface area contributed by atoms with Crippen molar-refractivity contribution in [2.24, 2.45) is 0 Å². The van der Waals surface area contributed by atoms with Crippen molar-refractivity contribution < 1.29 is 9.90 Å². The minimum absolute atomic E-state index is 0.100. The lowest BCUT2D eigenvalue weighted by Gasteiger charge is -2.09. The quantitative estimate of drug-likeness (QED) is 0.807. The first-order chi connectivity index (χ1) is 10.0. The Kier molecular flexibility index (Phi) is 3.39. The van der Waals surface area contributed by atoms with E-state index < -0.39 is 5.97 Å². The summed E-state index contributed by atoms with van der Waals surface area (Å²) in [6.07, 6.45) is 2.06. The molecule has 1 aromatic carbocycles. The third kappa shape index (κ3) is 3.05. The molecule has 0 unspecified atom stereocenters. The van der Waals surface area contributed by atoms with Crippen molar-refractivity contribution in [2.45, 2.75) is 18.8 Å². The van der Waals surface area contributed by atoms with Gasteiger partial charge in [-0.1, -0.05) is 11.6 Å². The summed E-state index contributed by atoms with van der Waals surface area (Å²) in [6.45, 7) is 0. The zero-order valence-corrected chi connectivity index (χ0v) is 11.6. The van der Waals surface area contributed by atoms with Gasteiger partial charge in [0.1, 0.15) is 11.6 Å². The Labute approximate surface area is 124 Å². The molecular weight excluding hydrogens is 294 g/mol. The molecule has 1 fully saturated rings. The molecular formula is C14H12ClN3O3. The Morgan fingerprint density at radius 2 is 2.14 bits per heavy atom. The predicted octanol–water partition coefficient (Wildman–Crippen LogP) is 2.74. The van der Waals surface area contributed by atoms with Gasteiger partial charge in [-0.15, -0.1) is 0 Å². The number of carboxylic acid groups (broad SMARTS) is 1. The molecule has 3 N–H and O–H groups in total. The second-order valence-corrected chi connectivity index (χ2v) is 5.32. The topological polar surface area (TPSA) is 95.1 Å². The average molecular weight is 306 g/mol. The Bertz CT molecular complexity index is 768. The van der Waals surface area contributed by atoms with Crippen LogP contribution >= 0.6 is 11.6 Å². The number of nitrogens with one attached hydrogen (secondary N) is 2. The molecule has 2 aromatic rings. The average Bonchev–Trinajstić information content (AvgIpc) is 3.24. The van der Waals surface area contributed by atoms with Crippen LogP contribution in [0.1, 0.15) is 34.9 Å². The summed E-state index contributed by atoms with van der Waals surface area (Å²) in [5.74, 6) is 0.340. The van der Waals surface area contributed by atoms with Gasteiger partial charge in [-0.25, -0.2) is 9.78 Å². The number of rotatable bonds is 4. The van der Waals surface area contributed by atoms with Crippen LogP contribution in [-0.4, -0.2) is 21.0 Å². The molecule has 1 heterocycles. The summed E-state index contributed by atoms with van der Waals surface area (Å²) in [7, 11) is 0. The van der Waals surface area contributed by atoms with Gasteiger partial charge in [0, 0.05) is 12.0 Å². The molecule has 21 heavy (non-hydrogen) atoms. The Morgan fingerprint density at radius 1 is 1.38 bits per heavy atom. The number of H-pyrrole nitrogens is 1. The molecule has 1 saturated carbocycles. The fourth-order valence-corrected chi connectivity index (χ4v) is 2.21. The molecule has 0 spiro atoms. The van der Waals surface area contributed by atoms with Crippen LogP contribution in [0, 0.1) is 0 Å². The first-order valence-corrected chi connectivity index (χ1v) is 6.82. The largest absolute Gasteiger partial charge is 0.478 e. The molecule has 1 aliphatic carbocycles. The maximum absolute atomic E-state index is 11.6. The number of aromatic carboxylic acids is 1. The molecule has 0 aliphatic heterocycles. The standard InChI is InChI=1S/C14H12ClN3O3/c15-9-5-8(14(20)21)3-4-10(9)16-11-6-12(19)18-13(17-11)7-1-2-7/h3-7H,1-2H2,(H,20,21)(H2,16,17,18,19). The minimum Gasteiger partial charge on any atom is -0.478 e. The van der Waals surface area contributed by atoms with Crippen molar-refractivity contribution in [3.63, 3.8) is 0 Å². The van der Waals surface area contributed by atoms with Crippen LogP contribution in [0.25, 0.3) is 0 Å². The molecule has 1 aromatic heterocycles. The number of aromatic amines is 1. The first kappa shape index (κ1) is 13.6. The van der Waals surface area contributed by atoms with Crippen LogP contribution in [0.3, 0.4) is 0 Å². The third-order valence-corrected chi connectivity index (χ3v) is 3.52. The molecule has 0 radical (unpaired) electrons. The van der Waals surface area contributed by atoms with Gasteiger partial charge in [0.2, 0.25) is 0 Å². The van der Waals surface area contributed by atoms with E-state index >= 15 is 0 Å². The first-order valence-electron chi connectivity index (χ1n) is 6.44. The molecule has 6 nitrogen and oxygen atoms in total. The fourth-order valence-electron chi connectivity index (χ4n) is 1.98. The van der Waals surface area contributed by atoms with Gasteiger partial charge in [0.15, 0.2) is 0 Å². The number of carboxylic acids is 1. The highest BCUT2D eigenvalue weighted by molar-refractivity contribution is 6.33. The molecule has 108 valence electrons. The Hall–Kier alpha value is -2.34. The Balaban J connectivity index is 1.89. The molecule has 0 amide bonds. The van der Waals surface area contributed by atoms with E-state index in [4.69, 9.17) is 16.7 Å². The summed E-state index contributed by atoms with van der Waals surface area (Å²) in [4.78, 5) is 29.5. The molecule has 3 rings (SSSR count). The third-order valence-electron chi connectivity index (χ3n) is 3.20. The minimum atomic E-state index is -1.05. The van der Waals surface area contributed by atoms with Gasteiger partial charge in [-0.3, -0.25) is 4.79 Å². The molecule has 7 heteroatoms. The van der Waals surface area contributed by atoms with Crippen molar-refractivity contribution >= 4 is 29.1 Å². The summed E-state index contributed by atoms with van der Waals surface area (Å²) in [6, 6.07) is 5.67. The van der Waals surface area contributed by atoms with Gasteiger partial charge >= 0.3 is 5.97 Å². The van der Waals surface area contributed by atoms with Gasteiger partial charge < -0.3 is 15.4 Å². The van der Waals surface area contributed by atoms with Crippen LogP contribution in [-0.2, 0) is 0 Å². The highest BCUT2D eigenvalue weighted by Gasteiger charge is 2.26. The van der Waals surface area contributed by atoms with Gasteiger partial charge in [0.05, 0.1) is 16.3 Å². The molecule has 0 atom stereocenters. The van der Waals surface area contributed by atoms with Crippen LogP contribution in [0.4, 0.5) is 11.5 Å². The van der Waals surface area contributed by atoms with E-state index in [1.54, 1.807) is 6.07 Å². The number of nitrogens with zero attached hydrogens (tertiary/aromatic N) is 1. The predicted molar refractivity (Wildman–Crippen MR) is 78.5 cm³/mol. The number of benzene rings is 1. The molecule has 1 aliphatic rings. The lowest BCUT2D eigenvalue weighted by molar-refractivity contribution is 0.0697. The van der Waals surface area contributed by atoms with Crippen molar-refractivity contribution in [3.8, 4) is 0 Å². The van der Waals surface area contributed by atoms with E-state index in [-0.39, 0.29) is 16.1 Å². The highest BCUT2D eigenvalue weighted by Crippen LogP contribution is 2.38. The number of anilines is 2. The summed E-state index contributed by atoms with van der Waals surface area (Å²) in [5, 5.41) is 12.1. The molecule has 0 bridgehead atoms. The number of carbonyl (C=O) groups is 1. The fraction of sp³-hybridized carbons (Fsp3) is 0.214. The van der Waals surface area contributed by atoms with Gasteiger partial charge in [-0.2, -0.15) is 0 Å². The van der Waals surface area contributed by atoms with Crippen LogP contribution < -0.4 is 10.9 Å². The lowest BCUT2D eigenvalue weighted by Crippen LogP contribution is -2.11. The Morgan fingerprint density at radius 3 is 2.76 bits per heavy atom. The van der Waals surface area contributed by atoms with E-state index in [9.17, 15) is 9.59 Å². The number of halogens is 1. The smallest absolute Gasteiger partial charge is 0.335 e. The maximum Gasteiger partial charge on any atom is 0.335 e. The summed E-state index contributed by atoms with van der Waals surface area (Å²) in [5.41, 5.74) is 0.372. The van der Waals surface area contributed by atoms with E-state index in [1.807, 2.05) is 0 Å². The van der Waals surface area contributed by atoms with E-state index in [2.05, 4.69) is 15.3 Å². The van der Waals surface area contributed by atoms with E-state index in [0.29, 0.717) is 23.2 Å². The zero-order chi connectivity index (χ0) is 15.0. The van der Waals surface area contributed by atoms with Crippen LogP contribution in [0.15, 0.2) is 29.1 Å². The van der Waals surface area contributed by atoms with E-state index in [1.165, 1.54) is 18.2 Å². The normalized spacial score (nSPS) is 14.0. The molecule has 0 saturated heterocycles. The van der Waals surface area contributed by atoms with Crippen molar-refractivity contribution in [1.82, 2.24) is 9.97 Å². The van der Waals surface area contributed by atoms with E-state index in [0.717, 1.165) is 12.8 Å². The zero-order valence-electron chi connectivity index (χ0n) is 10.9.